The second kappa shape index (κ2) is 3.32. The Morgan fingerprint density at radius 3 is 2.58 bits per heavy atom. The van der Waals surface area contributed by atoms with Crippen LogP contribution in [-0.4, -0.2) is 49.2 Å². The number of quaternary nitrogens is 1. The highest BCUT2D eigenvalue weighted by Gasteiger charge is 2.38. The molecule has 0 aromatic heterocycles. The monoisotopic (exact) mass is 174 g/mol. The van der Waals surface area contributed by atoms with E-state index < -0.39 is 5.79 Å². The van der Waals surface area contributed by atoms with Crippen molar-refractivity contribution < 1.29 is 14.3 Å². The van der Waals surface area contributed by atoms with Crippen molar-refractivity contribution in [2.75, 3.05) is 33.8 Å². The van der Waals surface area contributed by atoms with E-state index in [4.69, 9.17) is 4.74 Å². The highest BCUT2D eigenvalue weighted by atomic mass is 16.6. The van der Waals surface area contributed by atoms with Gasteiger partial charge < -0.3 is 14.3 Å². The standard InChI is InChI=1S/C9H20NO2/c1-4-10(2,3)8-9(11)6-5-7-12-9/h11H,4-8H2,1-3H3/q+1. The summed E-state index contributed by atoms with van der Waals surface area (Å²) >= 11 is 0. The van der Waals surface area contributed by atoms with Gasteiger partial charge in [-0.15, -0.1) is 0 Å². The lowest BCUT2D eigenvalue weighted by molar-refractivity contribution is -0.898. The third kappa shape index (κ3) is 2.44. The topological polar surface area (TPSA) is 29.5 Å². The number of aliphatic hydroxyl groups is 1. The van der Waals surface area contributed by atoms with Gasteiger partial charge in [-0.1, -0.05) is 0 Å². The van der Waals surface area contributed by atoms with E-state index in [0.29, 0.717) is 13.2 Å². The smallest absolute Gasteiger partial charge is 0.216 e. The molecule has 3 nitrogen and oxygen atoms in total. The first kappa shape index (κ1) is 9.96. The van der Waals surface area contributed by atoms with Gasteiger partial charge >= 0.3 is 0 Å². The average Bonchev–Trinajstić information content (AvgIpc) is 2.35. The molecule has 1 unspecified atom stereocenters. The summed E-state index contributed by atoms with van der Waals surface area (Å²) in [5.41, 5.74) is 0. The van der Waals surface area contributed by atoms with E-state index in [-0.39, 0.29) is 0 Å². The molecule has 1 rings (SSSR count). The minimum absolute atomic E-state index is 0.698. The van der Waals surface area contributed by atoms with Crippen LogP contribution in [0.5, 0.6) is 0 Å². The van der Waals surface area contributed by atoms with Crippen LogP contribution in [0.15, 0.2) is 0 Å². The molecule has 0 aliphatic carbocycles. The zero-order valence-corrected chi connectivity index (χ0v) is 8.34. The number of hydrogen-bond acceptors (Lipinski definition) is 2. The van der Waals surface area contributed by atoms with Crippen molar-refractivity contribution in [1.29, 1.82) is 0 Å². The molecule has 1 heterocycles. The Morgan fingerprint density at radius 1 is 1.50 bits per heavy atom. The molecule has 72 valence electrons. The maximum Gasteiger partial charge on any atom is 0.216 e. The molecule has 3 heteroatoms. The Bertz CT molecular complexity index is 151. The Morgan fingerprint density at radius 2 is 2.17 bits per heavy atom. The van der Waals surface area contributed by atoms with Gasteiger partial charge in [-0.3, -0.25) is 0 Å². The van der Waals surface area contributed by atoms with Crippen LogP contribution in [0.4, 0.5) is 0 Å². The number of likely N-dealkylation sites (N-methyl/N-ethyl adjacent to an activating group) is 1. The van der Waals surface area contributed by atoms with Crippen molar-refractivity contribution in [3.63, 3.8) is 0 Å². The van der Waals surface area contributed by atoms with Crippen LogP contribution in [0.3, 0.4) is 0 Å². The Hall–Kier alpha value is -0.120. The van der Waals surface area contributed by atoms with Crippen LogP contribution in [0, 0.1) is 0 Å². The molecule has 0 saturated carbocycles. The molecular weight excluding hydrogens is 154 g/mol. The lowest BCUT2D eigenvalue weighted by Crippen LogP contribution is -2.51. The maximum atomic E-state index is 9.92. The second-order valence-corrected chi connectivity index (χ2v) is 4.31. The Kier molecular flexibility index (Phi) is 2.76. The molecule has 1 saturated heterocycles. The van der Waals surface area contributed by atoms with Crippen molar-refractivity contribution >= 4 is 0 Å². The Balaban J connectivity index is 2.48. The van der Waals surface area contributed by atoms with Gasteiger partial charge in [-0.2, -0.15) is 0 Å². The molecule has 0 spiro atoms. The van der Waals surface area contributed by atoms with Gasteiger partial charge in [0.25, 0.3) is 0 Å². The summed E-state index contributed by atoms with van der Waals surface area (Å²) in [6.45, 7) is 4.55. The first-order valence-electron chi connectivity index (χ1n) is 4.66. The molecule has 12 heavy (non-hydrogen) atoms. The summed E-state index contributed by atoms with van der Waals surface area (Å²) in [5.74, 6) is -0.848. The fourth-order valence-corrected chi connectivity index (χ4v) is 1.59. The average molecular weight is 174 g/mol. The minimum Gasteiger partial charge on any atom is -0.361 e. The molecule has 1 aliphatic rings. The van der Waals surface area contributed by atoms with E-state index in [1.807, 2.05) is 0 Å². The summed E-state index contributed by atoms with van der Waals surface area (Å²) in [5, 5.41) is 9.92. The van der Waals surface area contributed by atoms with Crippen molar-refractivity contribution in [2.24, 2.45) is 0 Å². The summed E-state index contributed by atoms with van der Waals surface area (Å²) < 4.78 is 6.13. The fraction of sp³-hybridized carbons (Fsp3) is 1.00. The SMILES string of the molecule is CC[N+](C)(C)CC1(O)CCCO1. The third-order valence-electron chi connectivity index (χ3n) is 2.61. The van der Waals surface area contributed by atoms with E-state index in [1.54, 1.807) is 0 Å². The summed E-state index contributed by atoms with van der Waals surface area (Å²) in [4.78, 5) is 0. The third-order valence-corrected chi connectivity index (χ3v) is 2.61. The molecule has 1 aliphatic heterocycles. The van der Waals surface area contributed by atoms with Gasteiger partial charge in [-0.05, 0) is 13.3 Å². The highest BCUT2D eigenvalue weighted by molar-refractivity contribution is 4.72. The normalized spacial score (nSPS) is 31.0. The first-order chi connectivity index (χ1) is 5.47. The van der Waals surface area contributed by atoms with Crippen LogP contribution in [-0.2, 0) is 4.74 Å². The minimum atomic E-state index is -0.848. The summed E-state index contributed by atoms with van der Waals surface area (Å²) in [7, 11) is 4.22. The van der Waals surface area contributed by atoms with Crippen LogP contribution >= 0.6 is 0 Å². The van der Waals surface area contributed by atoms with Crippen molar-refractivity contribution in [2.45, 2.75) is 25.6 Å². The molecular formula is C9H20NO2+. The van der Waals surface area contributed by atoms with Crippen LogP contribution in [0.25, 0.3) is 0 Å². The number of rotatable bonds is 3. The van der Waals surface area contributed by atoms with Gasteiger partial charge in [-0.25, -0.2) is 0 Å². The molecule has 0 aromatic rings. The van der Waals surface area contributed by atoms with Crippen LogP contribution in [0.1, 0.15) is 19.8 Å². The van der Waals surface area contributed by atoms with Crippen molar-refractivity contribution in [3.8, 4) is 0 Å². The number of nitrogens with zero attached hydrogens (tertiary/aromatic N) is 1. The fourth-order valence-electron chi connectivity index (χ4n) is 1.59. The van der Waals surface area contributed by atoms with Crippen LogP contribution in [0.2, 0.25) is 0 Å². The molecule has 1 atom stereocenters. The molecule has 0 radical (unpaired) electrons. The highest BCUT2D eigenvalue weighted by Crippen LogP contribution is 2.24. The number of ether oxygens (including phenoxy) is 1. The van der Waals surface area contributed by atoms with Crippen molar-refractivity contribution in [3.05, 3.63) is 0 Å². The van der Waals surface area contributed by atoms with Gasteiger partial charge in [0.05, 0.1) is 27.2 Å². The maximum absolute atomic E-state index is 9.92. The largest absolute Gasteiger partial charge is 0.361 e. The van der Waals surface area contributed by atoms with Crippen molar-refractivity contribution in [1.82, 2.24) is 0 Å². The molecule has 0 bridgehead atoms. The second-order valence-electron chi connectivity index (χ2n) is 4.31. The van der Waals surface area contributed by atoms with E-state index in [9.17, 15) is 5.11 Å². The van der Waals surface area contributed by atoms with Gasteiger partial charge in [0.15, 0.2) is 0 Å². The molecule has 1 fully saturated rings. The Labute approximate surface area is 74.5 Å². The molecule has 1 N–H and O–H groups in total. The van der Waals surface area contributed by atoms with Crippen LogP contribution < -0.4 is 0 Å². The van der Waals surface area contributed by atoms with Gasteiger partial charge in [0.2, 0.25) is 5.79 Å². The lowest BCUT2D eigenvalue weighted by atomic mass is 10.1. The quantitative estimate of drug-likeness (QED) is 0.634. The lowest BCUT2D eigenvalue weighted by Gasteiger charge is -2.34. The predicted octanol–water partition coefficient (Wildman–Crippen LogP) is 0.582. The zero-order valence-electron chi connectivity index (χ0n) is 8.34. The van der Waals surface area contributed by atoms with Gasteiger partial charge in [0, 0.05) is 6.42 Å². The molecule has 0 aromatic carbocycles. The number of hydrogen-bond donors (Lipinski definition) is 1. The first-order valence-corrected chi connectivity index (χ1v) is 4.66. The summed E-state index contributed by atoms with van der Waals surface area (Å²) in [6, 6.07) is 0. The predicted molar refractivity (Wildman–Crippen MR) is 47.7 cm³/mol. The van der Waals surface area contributed by atoms with E-state index >= 15 is 0 Å². The molecule has 0 amide bonds. The van der Waals surface area contributed by atoms with E-state index in [0.717, 1.165) is 23.9 Å². The zero-order chi connectivity index (χ0) is 9.24. The van der Waals surface area contributed by atoms with Gasteiger partial charge in [0.1, 0.15) is 6.54 Å². The summed E-state index contributed by atoms with van der Waals surface area (Å²) in [6.07, 6.45) is 1.77. The van der Waals surface area contributed by atoms with E-state index in [2.05, 4.69) is 21.0 Å². The van der Waals surface area contributed by atoms with E-state index in [1.165, 1.54) is 0 Å².